The SMILES string of the molecule is CC(C)(C)c1nc2c(nc1-c1ccccc1)-c1ccccc1C2. The number of aromatic nitrogens is 2. The van der Waals surface area contributed by atoms with Gasteiger partial charge in [0.1, 0.15) is 0 Å². The minimum absolute atomic E-state index is 0.0397. The van der Waals surface area contributed by atoms with Gasteiger partial charge in [-0.1, -0.05) is 75.4 Å². The van der Waals surface area contributed by atoms with E-state index in [2.05, 4.69) is 69.3 Å². The summed E-state index contributed by atoms with van der Waals surface area (Å²) in [6, 6.07) is 18.9. The summed E-state index contributed by atoms with van der Waals surface area (Å²) in [5, 5.41) is 0. The van der Waals surface area contributed by atoms with Crippen LogP contribution < -0.4 is 0 Å². The lowest BCUT2D eigenvalue weighted by atomic mass is 9.88. The fourth-order valence-corrected chi connectivity index (χ4v) is 3.22. The van der Waals surface area contributed by atoms with Crippen LogP contribution in [-0.4, -0.2) is 9.97 Å². The molecule has 0 unspecified atom stereocenters. The van der Waals surface area contributed by atoms with E-state index < -0.39 is 0 Å². The maximum Gasteiger partial charge on any atom is 0.0931 e. The Balaban J connectivity index is 1.99. The third-order valence-electron chi connectivity index (χ3n) is 4.36. The van der Waals surface area contributed by atoms with Crippen LogP contribution >= 0.6 is 0 Å². The molecule has 23 heavy (non-hydrogen) atoms. The third kappa shape index (κ3) is 2.35. The standard InChI is InChI=1S/C21H20N2/c1-21(2,3)20-18(14-9-5-4-6-10-14)23-19-16-12-8-7-11-15(16)13-17(19)22-20/h4-12H,13H2,1-3H3. The lowest BCUT2D eigenvalue weighted by molar-refractivity contribution is 0.566. The highest BCUT2D eigenvalue weighted by Crippen LogP contribution is 2.38. The lowest BCUT2D eigenvalue weighted by Crippen LogP contribution is -2.17. The quantitative estimate of drug-likeness (QED) is 0.493. The van der Waals surface area contributed by atoms with Crippen LogP contribution in [0.1, 0.15) is 37.7 Å². The predicted octanol–water partition coefficient (Wildman–Crippen LogP) is 5.01. The number of fused-ring (bicyclic) bond motifs is 3. The Hall–Kier alpha value is -2.48. The van der Waals surface area contributed by atoms with Gasteiger partial charge in [0.15, 0.2) is 0 Å². The summed E-state index contributed by atoms with van der Waals surface area (Å²) in [5.74, 6) is 0. The molecule has 4 rings (SSSR count). The Morgan fingerprint density at radius 2 is 1.48 bits per heavy atom. The highest BCUT2D eigenvalue weighted by Gasteiger charge is 2.28. The molecule has 0 saturated carbocycles. The molecule has 0 spiro atoms. The third-order valence-corrected chi connectivity index (χ3v) is 4.36. The van der Waals surface area contributed by atoms with Gasteiger partial charge < -0.3 is 0 Å². The average Bonchev–Trinajstić information content (AvgIpc) is 2.91. The zero-order chi connectivity index (χ0) is 16.0. The van der Waals surface area contributed by atoms with E-state index in [4.69, 9.17) is 9.97 Å². The summed E-state index contributed by atoms with van der Waals surface area (Å²) < 4.78 is 0. The minimum atomic E-state index is -0.0397. The molecule has 1 heterocycles. The van der Waals surface area contributed by atoms with Gasteiger partial charge in [0.25, 0.3) is 0 Å². The Morgan fingerprint density at radius 1 is 0.783 bits per heavy atom. The van der Waals surface area contributed by atoms with Gasteiger partial charge in [-0.05, 0) is 5.56 Å². The second kappa shape index (κ2) is 5.02. The van der Waals surface area contributed by atoms with Crippen molar-refractivity contribution in [1.82, 2.24) is 9.97 Å². The summed E-state index contributed by atoms with van der Waals surface area (Å²) in [4.78, 5) is 10.1. The van der Waals surface area contributed by atoms with E-state index in [1.165, 1.54) is 11.1 Å². The predicted molar refractivity (Wildman–Crippen MR) is 94.4 cm³/mol. The van der Waals surface area contributed by atoms with Gasteiger partial charge in [-0.2, -0.15) is 0 Å². The number of rotatable bonds is 1. The summed E-state index contributed by atoms with van der Waals surface area (Å²) in [7, 11) is 0. The zero-order valence-corrected chi connectivity index (χ0v) is 13.8. The molecule has 1 aliphatic rings. The molecular formula is C21H20N2. The molecule has 0 bridgehead atoms. The van der Waals surface area contributed by atoms with Crippen molar-refractivity contribution in [2.45, 2.75) is 32.6 Å². The average molecular weight is 300 g/mol. The minimum Gasteiger partial charge on any atom is -0.252 e. The van der Waals surface area contributed by atoms with Gasteiger partial charge in [-0.25, -0.2) is 4.98 Å². The first-order chi connectivity index (χ1) is 11.0. The fourth-order valence-electron chi connectivity index (χ4n) is 3.22. The van der Waals surface area contributed by atoms with Gasteiger partial charge in [-0.15, -0.1) is 0 Å². The Kier molecular flexibility index (Phi) is 3.08. The largest absolute Gasteiger partial charge is 0.252 e. The van der Waals surface area contributed by atoms with E-state index in [1.807, 2.05) is 6.07 Å². The molecule has 0 N–H and O–H groups in total. The first-order valence-electron chi connectivity index (χ1n) is 8.09. The lowest BCUT2D eigenvalue weighted by Gasteiger charge is -2.22. The van der Waals surface area contributed by atoms with E-state index >= 15 is 0 Å². The topological polar surface area (TPSA) is 25.8 Å². The van der Waals surface area contributed by atoms with E-state index in [0.717, 1.165) is 34.8 Å². The number of hydrogen-bond acceptors (Lipinski definition) is 2. The number of nitrogens with zero attached hydrogens (tertiary/aromatic N) is 2. The van der Waals surface area contributed by atoms with Crippen LogP contribution in [0.15, 0.2) is 54.6 Å². The molecule has 1 aliphatic carbocycles. The van der Waals surface area contributed by atoms with E-state index in [1.54, 1.807) is 0 Å². The van der Waals surface area contributed by atoms with Crippen LogP contribution in [0.5, 0.6) is 0 Å². The van der Waals surface area contributed by atoms with Gasteiger partial charge >= 0.3 is 0 Å². The molecule has 2 aromatic carbocycles. The van der Waals surface area contributed by atoms with Crippen molar-refractivity contribution in [2.24, 2.45) is 0 Å². The van der Waals surface area contributed by atoms with Crippen molar-refractivity contribution >= 4 is 0 Å². The molecule has 2 nitrogen and oxygen atoms in total. The molecule has 0 atom stereocenters. The smallest absolute Gasteiger partial charge is 0.0931 e. The van der Waals surface area contributed by atoms with Crippen LogP contribution in [0, 0.1) is 0 Å². The normalized spacial score (nSPS) is 12.8. The molecule has 0 amide bonds. The molecule has 3 aromatic rings. The molecule has 114 valence electrons. The van der Waals surface area contributed by atoms with Gasteiger partial charge in [-0.3, -0.25) is 4.98 Å². The van der Waals surface area contributed by atoms with Gasteiger partial charge in [0.2, 0.25) is 0 Å². The monoisotopic (exact) mass is 300 g/mol. The molecule has 2 heteroatoms. The van der Waals surface area contributed by atoms with Crippen LogP contribution in [0.4, 0.5) is 0 Å². The van der Waals surface area contributed by atoms with Crippen molar-refractivity contribution < 1.29 is 0 Å². The maximum absolute atomic E-state index is 5.07. The first kappa shape index (κ1) is 14.1. The Bertz CT molecular complexity index is 874. The van der Waals surface area contributed by atoms with Gasteiger partial charge in [0, 0.05) is 23.0 Å². The van der Waals surface area contributed by atoms with E-state index in [0.29, 0.717) is 0 Å². The van der Waals surface area contributed by atoms with Crippen LogP contribution in [0.25, 0.3) is 22.5 Å². The number of hydrogen-bond donors (Lipinski definition) is 0. The maximum atomic E-state index is 5.07. The van der Waals surface area contributed by atoms with Gasteiger partial charge in [0.05, 0.1) is 22.8 Å². The van der Waals surface area contributed by atoms with Crippen molar-refractivity contribution in [3.05, 3.63) is 71.5 Å². The second-order valence-corrected chi connectivity index (χ2v) is 7.17. The second-order valence-electron chi connectivity index (χ2n) is 7.17. The van der Waals surface area contributed by atoms with E-state index in [-0.39, 0.29) is 5.41 Å². The summed E-state index contributed by atoms with van der Waals surface area (Å²) in [6.07, 6.45) is 0.886. The highest BCUT2D eigenvalue weighted by atomic mass is 14.9. The molecule has 0 fully saturated rings. The highest BCUT2D eigenvalue weighted by molar-refractivity contribution is 5.75. The molecule has 0 saturated heterocycles. The fraction of sp³-hybridized carbons (Fsp3) is 0.238. The van der Waals surface area contributed by atoms with Crippen LogP contribution in [-0.2, 0) is 11.8 Å². The molecule has 0 aliphatic heterocycles. The molecular weight excluding hydrogens is 280 g/mol. The van der Waals surface area contributed by atoms with Crippen molar-refractivity contribution in [2.75, 3.05) is 0 Å². The number of benzene rings is 2. The van der Waals surface area contributed by atoms with Crippen LogP contribution in [0.3, 0.4) is 0 Å². The Labute approximate surface area is 137 Å². The summed E-state index contributed by atoms with van der Waals surface area (Å²) >= 11 is 0. The van der Waals surface area contributed by atoms with Crippen LogP contribution in [0.2, 0.25) is 0 Å². The molecule has 0 radical (unpaired) electrons. The molecule has 1 aromatic heterocycles. The van der Waals surface area contributed by atoms with Crippen molar-refractivity contribution in [3.63, 3.8) is 0 Å². The first-order valence-corrected chi connectivity index (χ1v) is 8.09. The van der Waals surface area contributed by atoms with E-state index in [9.17, 15) is 0 Å². The zero-order valence-electron chi connectivity index (χ0n) is 13.8. The van der Waals surface area contributed by atoms with Crippen molar-refractivity contribution in [3.8, 4) is 22.5 Å². The van der Waals surface area contributed by atoms with Crippen molar-refractivity contribution in [1.29, 1.82) is 0 Å². The Morgan fingerprint density at radius 3 is 2.22 bits per heavy atom. The summed E-state index contributed by atoms with van der Waals surface area (Å²) in [5.41, 5.74) is 7.89. The summed E-state index contributed by atoms with van der Waals surface area (Å²) in [6.45, 7) is 6.62.